The maximum absolute atomic E-state index is 14.8. The van der Waals surface area contributed by atoms with E-state index >= 15 is 0 Å². The van der Waals surface area contributed by atoms with Crippen LogP contribution >= 0.6 is 0 Å². The molecule has 1 spiro atoms. The van der Waals surface area contributed by atoms with Crippen LogP contribution in [0.2, 0.25) is 0 Å². The summed E-state index contributed by atoms with van der Waals surface area (Å²) in [6.07, 6.45) is 4.61. The fourth-order valence-electron chi connectivity index (χ4n) is 4.01. The molecule has 1 fully saturated rings. The predicted octanol–water partition coefficient (Wildman–Crippen LogP) is 4.72. The van der Waals surface area contributed by atoms with Crippen LogP contribution < -0.4 is 5.32 Å². The zero-order chi connectivity index (χ0) is 20.3. The normalized spacial score (nSPS) is 23.0. The molecule has 150 valence electrons. The van der Waals surface area contributed by atoms with E-state index in [4.69, 9.17) is 4.74 Å². The van der Waals surface area contributed by atoms with E-state index in [1.165, 1.54) is 6.07 Å². The van der Waals surface area contributed by atoms with Gasteiger partial charge in [-0.1, -0.05) is 13.0 Å². The van der Waals surface area contributed by atoms with Gasteiger partial charge >= 0.3 is 6.09 Å². The first-order chi connectivity index (χ1) is 13.1. The molecular formula is C22H27FN2O3. The van der Waals surface area contributed by atoms with Gasteiger partial charge in [0.1, 0.15) is 11.4 Å². The van der Waals surface area contributed by atoms with Crippen LogP contribution in [-0.2, 0) is 16.0 Å². The van der Waals surface area contributed by atoms with Crippen LogP contribution in [0.3, 0.4) is 0 Å². The van der Waals surface area contributed by atoms with Gasteiger partial charge < -0.3 is 10.1 Å². The van der Waals surface area contributed by atoms with Crippen molar-refractivity contribution in [3.8, 4) is 0 Å². The van der Waals surface area contributed by atoms with Crippen LogP contribution in [0.1, 0.15) is 58.1 Å². The summed E-state index contributed by atoms with van der Waals surface area (Å²) in [5, 5.41) is 2.74. The maximum Gasteiger partial charge on any atom is 0.414 e. The predicted molar refractivity (Wildman–Crippen MR) is 105 cm³/mol. The number of carbonyl (C=O) groups excluding carboxylic acids is 2. The van der Waals surface area contributed by atoms with Crippen molar-refractivity contribution in [2.24, 2.45) is 11.3 Å². The fraction of sp³-hybridized carbons (Fsp3) is 0.545. The number of benzene rings is 1. The minimum absolute atomic E-state index is 0.0762. The highest BCUT2D eigenvalue weighted by Gasteiger charge is 2.52. The Morgan fingerprint density at radius 2 is 2.04 bits per heavy atom. The number of hydrogen-bond acceptors (Lipinski definition) is 3. The standard InChI is InChI=1S/C22H27FN2O3/c1-13-5-6-17(25(12-13)20(27)28-21(2,3)4)14-9-15-11-22(7-8-22)19(26)24-18(15)16(23)10-14/h6,9-10,13H,5,7-8,11-12H2,1-4H3,(H,24,26)/t13-/m0/s1. The molecule has 4 rings (SSSR count). The average Bonchev–Trinajstić information content (AvgIpc) is 3.35. The third-order valence-electron chi connectivity index (χ3n) is 5.68. The summed E-state index contributed by atoms with van der Waals surface area (Å²) in [6.45, 7) is 8.10. The third-order valence-corrected chi connectivity index (χ3v) is 5.68. The SMILES string of the molecule is C[C@H]1CC=C(c2cc(F)c3c(c2)CC2(CC2)C(=O)N3)N(C(=O)OC(C)(C)C)C1. The number of amides is 2. The molecule has 28 heavy (non-hydrogen) atoms. The number of carbonyl (C=O) groups is 2. The van der Waals surface area contributed by atoms with Gasteiger partial charge in [0.25, 0.3) is 0 Å². The number of anilines is 1. The summed E-state index contributed by atoms with van der Waals surface area (Å²) in [5.41, 5.74) is 1.44. The van der Waals surface area contributed by atoms with E-state index in [0.717, 1.165) is 24.8 Å². The first kappa shape index (κ1) is 19.0. The van der Waals surface area contributed by atoms with Crippen molar-refractivity contribution >= 4 is 23.4 Å². The Labute approximate surface area is 164 Å². The summed E-state index contributed by atoms with van der Waals surface area (Å²) < 4.78 is 20.4. The van der Waals surface area contributed by atoms with Crippen LogP contribution in [0.4, 0.5) is 14.9 Å². The van der Waals surface area contributed by atoms with Crippen LogP contribution in [0.15, 0.2) is 18.2 Å². The van der Waals surface area contributed by atoms with E-state index in [-0.39, 0.29) is 17.0 Å². The Bertz CT molecular complexity index is 881. The zero-order valence-corrected chi connectivity index (χ0v) is 16.9. The first-order valence-corrected chi connectivity index (χ1v) is 9.93. The molecule has 1 aliphatic carbocycles. The van der Waals surface area contributed by atoms with Crippen LogP contribution in [0.25, 0.3) is 5.70 Å². The number of nitrogens with zero attached hydrogens (tertiary/aromatic N) is 1. The summed E-state index contributed by atoms with van der Waals surface area (Å²) >= 11 is 0. The number of allylic oxidation sites excluding steroid dienone is 1. The van der Waals surface area contributed by atoms with E-state index < -0.39 is 17.5 Å². The van der Waals surface area contributed by atoms with Crippen molar-refractivity contribution in [1.29, 1.82) is 0 Å². The second-order valence-electron chi connectivity index (χ2n) is 9.42. The lowest BCUT2D eigenvalue weighted by atomic mass is 9.88. The first-order valence-electron chi connectivity index (χ1n) is 9.93. The van der Waals surface area contributed by atoms with Gasteiger partial charge in [0.2, 0.25) is 5.91 Å². The number of hydrogen-bond donors (Lipinski definition) is 1. The summed E-state index contributed by atoms with van der Waals surface area (Å²) in [6, 6.07) is 3.32. The van der Waals surface area contributed by atoms with Gasteiger partial charge in [0, 0.05) is 12.1 Å². The van der Waals surface area contributed by atoms with Gasteiger partial charge in [-0.3, -0.25) is 9.69 Å². The van der Waals surface area contributed by atoms with Crippen LogP contribution in [0.5, 0.6) is 0 Å². The lowest BCUT2D eigenvalue weighted by molar-refractivity contribution is -0.121. The Morgan fingerprint density at radius 1 is 1.32 bits per heavy atom. The largest absolute Gasteiger partial charge is 0.443 e. The summed E-state index contributed by atoms with van der Waals surface area (Å²) in [4.78, 5) is 26.6. The van der Waals surface area contributed by atoms with Gasteiger partial charge in [-0.25, -0.2) is 9.18 Å². The molecule has 3 aliphatic rings. The van der Waals surface area contributed by atoms with E-state index in [1.54, 1.807) is 4.90 Å². The lowest BCUT2D eigenvalue weighted by Crippen LogP contribution is -2.40. The Hall–Kier alpha value is -2.37. The average molecular weight is 386 g/mol. The van der Waals surface area contributed by atoms with Crippen LogP contribution in [0, 0.1) is 17.2 Å². The van der Waals surface area contributed by atoms with Crippen molar-refractivity contribution in [3.05, 3.63) is 35.2 Å². The highest BCUT2D eigenvalue weighted by molar-refractivity contribution is 6.00. The molecule has 6 heteroatoms. The highest BCUT2D eigenvalue weighted by atomic mass is 19.1. The molecule has 0 bridgehead atoms. The molecule has 1 N–H and O–H groups in total. The van der Waals surface area contributed by atoms with Crippen molar-refractivity contribution in [2.45, 2.75) is 59.0 Å². The van der Waals surface area contributed by atoms with E-state index in [1.807, 2.05) is 32.9 Å². The smallest absolute Gasteiger partial charge is 0.414 e. The topological polar surface area (TPSA) is 58.6 Å². The maximum atomic E-state index is 14.8. The van der Waals surface area contributed by atoms with Crippen molar-refractivity contribution in [1.82, 2.24) is 4.90 Å². The lowest BCUT2D eigenvalue weighted by Gasteiger charge is -2.34. The number of halogens is 1. The van der Waals surface area contributed by atoms with Gasteiger partial charge in [-0.05, 0) is 70.1 Å². The Kier molecular flexibility index (Phi) is 4.28. The fourth-order valence-corrected chi connectivity index (χ4v) is 4.01. The monoisotopic (exact) mass is 386 g/mol. The van der Waals surface area contributed by atoms with Gasteiger partial charge in [-0.15, -0.1) is 0 Å². The minimum atomic E-state index is -0.605. The minimum Gasteiger partial charge on any atom is -0.443 e. The number of rotatable bonds is 1. The Balaban J connectivity index is 1.70. The van der Waals surface area contributed by atoms with E-state index in [9.17, 15) is 14.0 Å². The summed E-state index contributed by atoms with van der Waals surface area (Å²) in [7, 11) is 0. The van der Waals surface area contributed by atoms with Gasteiger partial charge in [0.05, 0.1) is 16.8 Å². The zero-order valence-electron chi connectivity index (χ0n) is 16.9. The molecule has 2 amide bonds. The molecule has 0 unspecified atom stereocenters. The molecule has 0 saturated heterocycles. The third kappa shape index (κ3) is 3.40. The Morgan fingerprint density at radius 3 is 2.68 bits per heavy atom. The van der Waals surface area contributed by atoms with Crippen LogP contribution in [-0.4, -0.2) is 29.0 Å². The van der Waals surface area contributed by atoms with Gasteiger partial charge in [-0.2, -0.15) is 0 Å². The van der Waals surface area contributed by atoms with E-state index in [2.05, 4.69) is 12.2 Å². The van der Waals surface area contributed by atoms with Gasteiger partial charge in [0.15, 0.2) is 0 Å². The molecule has 1 aromatic rings. The van der Waals surface area contributed by atoms with Crippen molar-refractivity contribution in [2.75, 3.05) is 11.9 Å². The molecule has 2 heterocycles. The summed E-state index contributed by atoms with van der Waals surface area (Å²) in [5.74, 6) is -0.236. The molecule has 2 aliphatic heterocycles. The molecular weight excluding hydrogens is 359 g/mol. The van der Waals surface area contributed by atoms with Crippen molar-refractivity contribution in [3.63, 3.8) is 0 Å². The molecule has 5 nitrogen and oxygen atoms in total. The molecule has 1 atom stereocenters. The second kappa shape index (κ2) is 6.33. The quantitative estimate of drug-likeness (QED) is 0.760. The molecule has 1 saturated carbocycles. The number of fused-ring (bicyclic) bond motifs is 1. The highest BCUT2D eigenvalue weighted by Crippen LogP contribution is 2.53. The van der Waals surface area contributed by atoms with E-state index in [0.29, 0.717) is 30.1 Å². The second-order valence-corrected chi connectivity index (χ2v) is 9.42. The number of nitrogens with one attached hydrogen (secondary N) is 1. The molecule has 0 radical (unpaired) electrons. The van der Waals surface area contributed by atoms with Crippen molar-refractivity contribution < 1.29 is 18.7 Å². The number of ether oxygens (including phenoxy) is 1. The molecule has 0 aromatic heterocycles. The molecule has 1 aromatic carbocycles.